The first-order chi connectivity index (χ1) is 12.5. The van der Waals surface area contributed by atoms with Crippen LogP contribution < -0.4 is 5.32 Å². The molecule has 1 N–H and O–H groups in total. The van der Waals surface area contributed by atoms with Crippen molar-refractivity contribution in [3.63, 3.8) is 0 Å². The van der Waals surface area contributed by atoms with E-state index in [1.807, 2.05) is 19.9 Å². The number of likely N-dealkylation sites (tertiary alicyclic amines) is 1. The molecular weight excluding hydrogens is 352 g/mol. The van der Waals surface area contributed by atoms with Gasteiger partial charge >= 0.3 is 0 Å². The van der Waals surface area contributed by atoms with Crippen molar-refractivity contribution in [2.24, 2.45) is 5.92 Å². The minimum absolute atomic E-state index is 0.0966. The lowest BCUT2D eigenvalue weighted by molar-refractivity contribution is -0.119. The number of carbonyl (C=O) groups excluding carboxylic acids is 1. The smallest absolute Gasteiger partial charge is 0.231 e. The van der Waals surface area contributed by atoms with Gasteiger partial charge in [0, 0.05) is 13.1 Å². The molecule has 3 aromatic heterocycles. The van der Waals surface area contributed by atoms with Crippen LogP contribution in [0.25, 0.3) is 21.5 Å². The number of nitriles is 1. The van der Waals surface area contributed by atoms with Crippen LogP contribution >= 0.6 is 11.3 Å². The highest BCUT2D eigenvalue weighted by Crippen LogP contribution is 2.32. The van der Waals surface area contributed by atoms with Crippen LogP contribution in [0.1, 0.15) is 17.9 Å². The van der Waals surface area contributed by atoms with Gasteiger partial charge in [-0.2, -0.15) is 5.26 Å². The third-order valence-electron chi connectivity index (χ3n) is 4.49. The van der Waals surface area contributed by atoms with Gasteiger partial charge < -0.3 is 14.7 Å². The summed E-state index contributed by atoms with van der Waals surface area (Å²) in [5, 5.41) is 16.3. The normalized spacial score (nSPS) is 16.8. The van der Waals surface area contributed by atoms with E-state index in [1.54, 1.807) is 11.1 Å². The number of fused-ring (bicyclic) bond motifs is 1. The highest BCUT2D eigenvalue weighted by atomic mass is 32.1. The number of aromatic nitrogens is 3. The third-order valence-corrected chi connectivity index (χ3v) is 5.43. The van der Waals surface area contributed by atoms with Gasteiger partial charge in [-0.25, -0.2) is 4.98 Å². The van der Waals surface area contributed by atoms with Crippen molar-refractivity contribution in [1.82, 2.24) is 20.0 Å². The summed E-state index contributed by atoms with van der Waals surface area (Å²) in [4.78, 5) is 22.9. The molecule has 0 saturated carbocycles. The fraction of sp³-hybridized carbons (Fsp3) is 0.353. The van der Waals surface area contributed by atoms with Crippen molar-refractivity contribution in [2.75, 3.05) is 18.4 Å². The van der Waals surface area contributed by atoms with Crippen molar-refractivity contribution in [1.29, 1.82) is 5.26 Å². The summed E-state index contributed by atoms with van der Waals surface area (Å²) in [6, 6.07) is 1.93. The van der Waals surface area contributed by atoms with Crippen LogP contribution in [0.5, 0.6) is 0 Å². The van der Waals surface area contributed by atoms with Crippen LogP contribution in [0, 0.1) is 31.2 Å². The second-order valence-electron chi connectivity index (χ2n) is 6.28. The zero-order valence-corrected chi connectivity index (χ0v) is 15.1. The molecule has 0 aromatic carbocycles. The maximum absolute atomic E-state index is 12.4. The van der Waals surface area contributed by atoms with Crippen LogP contribution in [0.3, 0.4) is 0 Å². The summed E-state index contributed by atoms with van der Waals surface area (Å²) in [6.07, 6.45) is 4.45. The largest absolute Gasteiger partial charge is 0.361 e. The number of nitrogens with zero attached hydrogens (tertiary/aromatic N) is 5. The van der Waals surface area contributed by atoms with Gasteiger partial charge in [-0.15, -0.1) is 0 Å². The molecule has 0 spiro atoms. The van der Waals surface area contributed by atoms with Gasteiger partial charge in [-0.3, -0.25) is 9.78 Å². The SMILES string of the molecule is Cc1noc(C)c1-c1cc2sc(NC(=O)[C@H]3CCN(C#N)C3)nc2cn1. The molecule has 1 aliphatic rings. The molecule has 4 heterocycles. The van der Waals surface area contributed by atoms with Crippen LogP contribution in [-0.2, 0) is 4.79 Å². The van der Waals surface area contributed by atoms with Crippen molar-refractivity contribution < 1.29 is 9.32 Å². The Kier molecular flexibility index (Phi) is 4.05. The average Bonchev–Trinajstić information content (AvgIpc) is 3.32. The van der Waals surface area contributed by atoms with E-state index >= 15 is 0 Å². The summed E-state index contributed by atoms with van der Waals surface area (Å²) >= 11 is 1.40. The lowest BCUT2D eigenvalue weighted by Gasteiger charge is -2.08. The quantitative estimate of drug-likeness (QED) is 0.708. The Morgan fingerprint density at radius 3 is 3.04 bits per heavy atom. The zero-order valence-electron chi connectivity index (χ0n) is 14.3. The summed E-state index contributed by atoms with van der Waals surface area (Å²) in [7, 11) is 0. The maximum Gasteiger partial charge on any atom is 0.231 e. The predicted octanol–water partition coefficient (Wildman–Crippen LogP) is 2.70. The van der Waals surface area contributed by atoms with Gasteiger partial charge in [0.25, 0.3) is 0 Å². The topological polar surface area (TPSA) is 108 Å². The van der Waals surface area contributed by atoms with Gasteiger partial charge in [0.2, 0.25) is 5.91 Å². The first kappa shape index (κ1) is 16.5. The number of hydrogen-bond donors (Lipinski definition) is 1. The Hall–Kier alpha value is -2.99. The predicted molar refractivity (Wildman–Crippen MR) is 96.3 cm³/mol. The number of nitrogens with one attached hydrogen (secondary N) is 1. The minimum atomic E-state index is -0.183. The first-order valence-electron chi connectivity index (χ1n) is 8.20. The van der Waals surface area contributed by atoms with E-state index in [2.05, 4.69) is 26.6 Å². The van der Waals surface area contributed by atoms with Gasteiger partial charge in [0.15, 0.2) is 11.3 Å². The van der Waals surface area contributed by atoms with Crippen LogP contribution in [-0.4, -0.2) is 39.0 Å². The van der Waals surface area contributed by atoms with Crippen molar-refractivity contribution in [3.05, 3.63) is 23.7 Å². The molecule has 8 nitrogen and oxygen atoms in total. The Balaban J connectivity index is 1.57. The molecule has 1 aliphatic heterocycles. The molecule has 3 aromatic rings. The molecule has 26 heavy (non-hydrogen) atoms. The van der Waals surface area contributed by atoms with Gasteiger partial charge in [-0.1, -0.05) is 16.5 Å². The molecule has 9 heteroatoms. The highest BCUT2D eigenvalue weighted by molar-refractivity contribution is 7.22. The Labute approximate surface area is 153 Å². The molecule has 1 saturated heterocycles. The van der Waals surface area contributed by atoms with Crippen LogP contribution in [0.4, 0.5) is 5.13 Å². The van der Waals surface area contributed by atoms with E-state index in [9.17, 15) is 4.79 Å². The molecule has 0 aliphatic carbocycles. The minimum Gasteiger partial charge on any atom is -0.361 e. The van der Waals surface area contributed by atoms with E-state index in [4.69, 9.17) is 9.78 Å². The monoisotopic (exact) mass is 368 g/mol. The van der Waals surface area contributed by atoms with E-state index in [0.29, 0.717) is 24.6 Å². The van der Waals surface area contributed by atoms with E-state index in [1.165, 1.54) is 11.3 Å². The number of thiazole rings is 1. The number of carbonyl (C=O) groups is 1. The Bertz CT molecular complexity index is 1010. The number of aryl methyl sites for hydroxylation is 2. The Morgan fingerprint density at radius 2 is 2.35 bits per heavy atom. The lowest BCUT2D eigenvalue weighted by Crippen LogP contribution is -2.25. The number of rotatable bonds is 3. The molecule has 1 amide bonds. The molecule has 0 unspecified atom stereocenters. The van der Waals surface area contributed by atoms with E-state index in [-0.39, 0.29) is 11.8 Å². The molecule has 1 fully saturated rings. The number of pyridine rings is 1. The molecule has 132 valence electrons. The fourth-order valence-electron chi connectivity index (χ4n) is 3.14. The molecule has 4 rings (SSSR count). The average molecular weight is 368 g/mol. The number of hydrogen-bond acceptors (Lipinski definition) is 8. The highest BCUT2D eigenvalue weighted by Gasteiger charge is 2.28. The third kappa shape index (κ3) is 2.88. The van der Waals surface area contributed by atoms with Crippen LogP contribution in [0.15, 0.2) is 16.8 Å². The van der Waals surface area contributed by atoms with Crippen LogP contribution in [0.2, 0.25) is 0 Å². The standard InChI is InChI=1S/C17H16N6O2S/c1-9-15(10(2)25-22-9)12-5-14-13(6-19-12)20-17(26-14)21-16(24)11-3-4-23(7-11)8-18/h5-6,11H,3-4,7H2,1-2H3,(H,20,21,24)/t11-/m0/s1. The molecule has 1 atom stereocenters. The second-order valence-corrected chi connectivity index (χ2v) is 7.31. The van der Waals surface area contributed by atoms with Crippen molar-refractivity contribution in [3.8, 4) is 17.5 Å². The fourth-order valence-corrected chi connectivity index (χ4v) is 4.02. The van der Waals surface area contributed by atoms with E-state index < -0.39 is 0 Å². The second kappa shape index (κ2) is 6.38. The molecule has 0 radical (unpaired) electrons. The van der Waals surface area contributed by atoms with Crippen molar-refractivity contribution in [2.45, 2.75) is 20.3 Å². The van der Waals surface area contributed by atoms with Gasteiger partial charge in [-0.05, 0) is 26.3 Å². The summed E-state index contributed by atoms with van der Waals surface area (Å²) in [6.45, 7) is 4.82. The summed E-state index contributed by atoms with van der Waals surface area (Å²) in [5.74, 6) is 0.439. The van der Waals surface area contributed by atoms with Gasteiger partial charge in [0.1, 0.15) is 11.3 Å². The summed E-state index contributed by atoms with van der Waals surface area (Å²) < 4.78 is 6.13. The number of anilines is 1. The molecular formula is C17H16N6O2S. The van der Waals surface area contributed by atoms with Gasteiger partial charge in [0.05, 0.1) is 33.8 Å². The summed E-state index contributed by atoms with van der Waals surface area (Å²) in [5.41, 5.74) is 3.17. The first-order valence-corrected chi connectivity index (χ1v) is 9.02. The Morgan fingerprint density at radius 1 is 1.50 bits per heavy atom. The number of amides is 1. The maximum atomic E-state index is 12.4. The van der Waals surface area contributed by atoms with E-state index in [0.717, 1.165) is 32.9 Å². The lowest BCUT2D eigenvalue weighted by atomic mass is 10.1. The zero-order chi connectivity index (χ0) is 18.3. The van der Waals surface area contributed by atoms with Crippen molar-refractivity contribution >= 4 is 32.6 Å². The molecule has 0 bridgehead atoms.